The predicted octanol–water partition coefficient (Wildman–Crippen LogP) is 2.95. The molecule has 0 atom stereocenters. The summed E-state index contributed by atoms with van der Waals surface area (Å²) in [6.07, 6.45) is 0.777. The molecule has 1 aliphatic rings. The molecule has 0 aliphatic carbocycles. The fourth-order valence-corrected chi connectivity index (χ4v) is 3.28. The number of rotatable bonds is 6. The van der Waals surface area contributed by atoms with Crippen molar-refractivity contribution in [1.82, 2.24) is 15.3 Å². The van der Waals surface area contributed by atoms with Gasteiger partial charge < -0.3 is 15.0 Å². The molecule has 4 rings (SSSR count). The second-order valence-corrected chi connectivity index (χ2v) is 6.89. The number of morpholine rings is 1. The maximum absolute atomic E-state index is 12.8. The van der Waals surface area contributed by atoms with E-state index < -0.39 is 0 Å². The summed E-state index contributed by atoms with van der Waals surface area (Å²) in [6.45, 7) is 3.37. The maximum Gasteiger partial charge on any atom is 0.270 e. The highest BCUT2D eigenvalue weighted by atomic mass is 16.5. The second kappa shape index (κ2) is 9.30. The van der Waals surface area contributed by atoms with Crippen LogP contribution in [0.3, 0.4) is 0 Å². The molecule has 1 fully saturated rings. The molecule has 2 heterocycles. The van der Waals surface area contributed by atoms with Crippen LogP contribution in [0, 0.1) is 0 Å². The largest absolute Gasteiger partial charge is 0.378 e. The minimum atomic E-state index is -0.185. The van der Waals surface area contributed by atoms with Gasteiger partial charge in [0, 0.05) is 31.3 Å². The van der Waals surface area contributed by atoms with E-state index in [9.17, 15) is 4.79 Å². The van der Waals surface area contributed by atoms with Gasteiger partial charge >= 0.3 is 0 Å². The molecule has 2 aromatic carbocycles. The zero-order valence-electron chi connectivity index (χ0n) is 16.3. The number of ether oxygens (including phenoxy) is 1. The Bertz CT molecular complexity index is 942. The van der Waals surface area contributed by atoms with Crippen LogP contribution in [0.25, 0.3) is 11.4 Å². The molecule has 6 nitrogen and oxygen atoms in total. The van der Waals surface area contributed by atoms with Gasteiger partial charge in [-0.25, -0.2) is 9.97 Å². The first-order valence-corrected chi connectivity index (χ1v) is 9.89. The van der Waals surface area contributed by atoms with E-state index in [-0.39, 0.29) is 5.91 Å². The van der Waals surface area contributed by atoms with Crippen LogP contribution < -0.4 is 10.2 Å². The van der Waals surface area contributed by atoms with Crippen LogP contribution in [-0.4, -0.2) is 48.7 Å². The highest BCUT2D eigenvalue weighted by molar-refractivity contribution is 5.93. The Hall–Kier alpha value is -3.25. The van der Waals surface area contributed by atoms with Gasteiger partial charge in [-0.15, -0.1) is 0 Å². The fraction of sp³-hybridized carbons (Fsp3) is 0.261. The molecular weight excluding hydrogens is 364 g/mol. The zero-order valence-corrected chi connectivity index (χ0v) is 16.3. The van der Waals surface area contributed by atoms with Gasteiger partial charge in [0.2, 0.25) is 0 Å². The van der Waals surface area contributed by atoms with E-state index in [0.29, 0.717) is 31.3 Å². The van der Waals surface area contributed by atoms with Gasteiger partial charge in [-0.1, -0.05) is 60.7 Å². The molecule has 0 bridgehead atoms. The quantitative estimate of drug-likeness (QED) is 0.703. The first-order chi connectivity index (χ1) is 14.3. The molecule has 3 aromatic rings. The van der Waals surface area contributed by atoms with Crippen molar-refractivity contribution in [3.63, 3.8) is 0 Å². The summed E-state index contributed by atoms with van der Waals surface area (Å²) in [4.78, 5) is 24.2. The minimum Gasteiger partial charge on any atom is -0.378 e. The summed E-state index contributed by atoms with van der Waals surface area (Å²) < 4.78 is 5.44. The van der Waals surface area contributed by atoms with Crippen LogP contribution >= 0.6 is 0 Å². The number of carbonyl (C=O) groups excluding carboxylic acids is 1. The number of anilines is 1. The Morgan fingerprint density at radius 3 is 2.38 bits per heavy atom. The SMILES string of the molecule is O=C(NCCc1ccccc1)c1cc(N2CCOCC2)nc(-c2ccccc2)n1. The number of amides is 1. The topological polar surface area (TPSA) is 67.4 Å². The molecule has 0 spiro atoms. The number of carbonyl (C=O) groups is 1. The van der Waals surface area contributed by atoms with Crippen molar-refractivity contribution < 1.29 is 9.53 Å². The van der Waals surface area contributed by atoms with Crippen molar-refractivity contribution in [2.45, 2.75) is 6.42 Å². The molecule has 29 heavy (non-hydrogen) atoms. The van der Waals surface area contributed by atoms with Gasteiger partial charge in [-0.3, -0.25) is 4.79 Å². The van der Waals surface area contributed by atoms with Crippen LogP contribution in [0.15, 0.2) is 66.7 Å². The lowest BCUT2D eigenvalue weighted by Gasteiger charge is -2.28. The van der Waals surface area contributed by atoms with Gasteiger partial charge in [0.15, 0.2) is 5.82 Å². The van der Waals surface area contributed by atoms with Gasteiger partial charge in [0.1, 0.15) is 11.5 Å². The lowest BCUT2D eigenvalue weighted by atomic mass is 10.1. The third-order valence-electron chi connectivity index (χ3n) is 4.85. The second-order valence-electron chi connectivity index (χ2n) is 6.89. The molecule has 1 aliphatic heterocycles. The number of benzene rings is 2. The Labute approximate surface area is 170 Å². The Morgan fingerprint density at radius 1 is 0.966 bits per heavy atom. The molecule has 1 saturated heterocycles. The van der Waals surface area contributed by atoms with Crippen molar-refractivity contribution in [1.29, 1.82) is 0 Å². The maximum atomic E-state index is 12.8. The van der Waals surface area contributed by atoms with E-state index in [1.54, 1.807) is 6.07 Å². The first kappa shape index (κ1) is 19.1. The summed E-state index contributed by atoms with van der Waals surface area (Å²) in [7, 11) is 0. The highest BCUT2D eigenvalue weighted by Gasteiger charge is 2.18. The van der Waals surface area contributed by atoms with E-state index in [4.69, 9.17) is 9.72 Å². The van der Waals surface area contributed by atoms with Crippen LogP contribution in [0.4, 0.5) is 5.82 Å². The smallest absolute Gasteiger partial charge is 0.270 e. The molecule has 0 saturated carbocycles. The summed E-state index contributed by atoms with van der Waals surface area (Å²) in [5.74, 6) is 1.13. The third-order valence-corrected chi connectivity index (χ3v) is 4.85. The monoisotopic (exact) mass is 388 g/mol. The summed E-state index contributed by atoms with van der Waals surface area (Å²) in [5, 5.41) is 2.98. The lowest BCUT2D eigenvalue weighted by Crippen LogP contribution is -2.37. The number of hydrogen-bond donors (Lipinski definition) is 1. The van der Waals surface area contributed by atoms with Crippen LogP contribution in [0.5, 0.6) is 0 Å². The van der Waals surface area contributed by atoms with Gasteiger partial charge in [0.05, 0.1) is 13.2 Å². The minimum absolute atomic E-state index is 0.185. The van der Waals surface area contributed by atoms with E-state index in [1.807, 2.05) is 48.5 Å². The lowest BCUT2D eigenvalue weighted by molar-refractivity contribution is 0.0949. The Morgan fingerprint density at radius 2 is 1.66 bits per heavy atom. The fourth-order valence-electron chi connectivity index (χ4n) is 3.28. The van der Waals surface area contributed by atoms with E-state index in [1.165, 1.54) is 5.56 Å². The van der Waals surface area contributed by atoms with Crippen molar-refractivity contribution >= 4 is 11.7 Å². The Balaban J connectivity index is 1.55. The van der Waals surface area contributed by atoms with Crippen molar-refractivity contribution in [3.05, 3.63) is 78.0 Å². The summed E-state index contributed by atoms with van der Waals surface area (Å²) in [6, 6.07) is 21.6. The average Bonchev–Trinajstić information content (AvgIpc) is 2.80. The number of nitrogens with zero attached hydrogens (tertiary/aromatic N) is 3. The highest BCUT2D eigenvalue weighted by Crippen LogP contribution is 2.21. The average molecular weight is 388 g/mol. The molecule has 1 N–H and O–H groups in total. The molecule has 0 unspecified atom stereocenters. The zero-order chi connectivity index (χ0) is 19.9. The van der Waals surface area contributed by atoms with Crippen molar-refractivity contribution in [2.24, 2.45) is 0 Å². The molecule has 1 aromatic heterocycles. The number of nitrogens with one attached hydrogen (secondary N) is 1. The number of hydrogen-bond acceptors (Lipinski definition) is 5. The summed E-state index contributed by atoms with van der Waals surface area (Å²) in [5.41, 5.74) is 2.46. The molecule has 1 amide bonds. The van der Waals surface area contributed by atoms with Crippen molar-refractivity contribution in [3.8, 4) is 11.4 Å². The predicted molar refractivity (Wildman–Crippen MR) is 113 cm³/mol. The molecular formula is C23H24N4O2. The third kappa shape index (κ3) is 4.97. The van der Waals surface area contributed by atoms with E-state index >= 15 is 0 Å². The summed E-state index contributed by atoms with van der Waals surface area (Å²) >= 11 is 0. The molecule has 6 heteroatoms. The normalized spacial score (nSPS) is 13.9. The molecule has 0 radical (unpaired) electrons. The Kier molecular flexibility index (Phi) is 6.12. The van der Waals surface area contributed by atoms with Gasteiger partial charge in [-0.05, 0) is 12.0 Å². The van der Waals surface area contributed by atoms with Crippen LogP contribution in [0.1, 0.15) is 16.1 Å². The van der Waals surface area contributed by atoms with E-state index in [0.717, 1.165) is 30.9 Å². The van der Waals surface area contributed by atoms with Crippen LogP contribution in [0.2, 0.25) is 0 Å². The van der Waals surface area contributed by atoms with Gasteiger partial charge in [0.25, 0.3) is 5.91 Å². The number of aromatic nitrogens is 2. The van der Waals surface area contributed by atoms with Crippen LogP contribution in [-0.2, 0) is 11.2 Å². The first-order valence-electron chi connectivity index (χ1n) is 9.89. The van der Waals surface area contributed by atoms with Gasteiger partial charge in [-0.2, -0.15) is 0 Å². The molecule has 148 valence electrons. The standard InChI is InChI=1S/C23H24N4O2/c28-23(24-12-11-18-7-3-1-4-8-18)20-17-21(27-13-15-29-16-14-27)26-22(25-20)19-9-5-2-6-10-19/h1-10,17H,11-16H2,(H,24,28). The van der Waals surface area contributed by atoms with Crippen molar-refractivity contribution in [2.75, 3.05) is 37.7 Å². The van der Waals surface area contributed by atoms with E-state index in [2.05, 4.69) is 27.3 Å².